The quantitative estimate of drug-likeness (QED) is 0.857. The number of nitrogens with two attached hydrogens (primary N) is 1. The summed E-state index contributed by atoms with van der Waals surface area (Å²) in [5.41, 5.74) is 6.15. The van der Waals surface area contributed by atoms with Gasteiger partial charge in [0.05, 0.1) is 0 Å². The van der Waals surface area contributed by atoms with Gasteiger partial charge in [-0.2, -0.15) is 0 Å². The van der Waals surface area contributed by atoms with Crippen LogP contribution in [0, 0.1) is 23.4 Å². The molecule has 0 radical (unpaired) electrons. The van der Waals surface area contributed by atoms with Crippen molar-refractivity contribution in [1.82, 2.24) is 4.90 Å². The second-order valence-corrected chi connectivity index (χ2v) is 5.29. The molecule has 0 aliphatic carbocycles. The molecule has 106 valence electrons. The predicted molar refractivity (Wildman–Crippen MR) is 68.1 cm³/mol. The first-order valence-electron chi connectivity index (χ1n) is 6.61. The average Bonchev–Trinajstić information content (AvgIpc) is 2.37. The highest BCUT2D eigenvalue weighted by molar-refractivity contribution is 5.23. The number of piperidine rings is 1. The highest BCUT2D eigenvalue weighted by Crippen LogP contribution is 2.27. The molecule has 2 rings (SSSR count). The van der Waals surface area contributed by atoms with Gasteiger partial charge in [0.1, 0.15) is 0 Å². The average molecular weight is 272 g/mol. The molecule has 0 saturated carbocycles. The van der Waals surface area contributed by atoms with Crippen LogP contribution in [0.2, 0.25) is 0 Å². The molecule has 2 atom stereocenters. The molecule has 19 heavy (non-hydrogen) atoms. The lowest BCUT2D eigenvalue weighted by Gasteiger charge is -2.37. The smallest absolute Gasteiger partial charge is 0.194 e. The van der Waals surface area contributed by atoms with Gasteiger partial charge in [0.25, 0.3) is 0 Å². The van der Waals surface area contributed by atoms with E-state index in [9.17, 15) is 13.2 Å². The molecule has 2 nitrogen and oxygen atoms in total. The molecule has 0 bridgehead atoms. The summed E-state index contributed by atoms with van der Waals surface area (Å²) in [7, 11) is 0. The molecule has 1 saturated heterocycles. The van der Waals surface area contributed by atoms with Gasteiger partial charge in [-0.15, -0.1) is 0 Å². The summed E-state index contributed by atoms with van der Waals surface area (Å²) in [6.07, 6.45) is 2.20. The van der Waals surface area contributed by atoms with Crippen LogP contribution in [0.3, 0.4) is 0 Å². The minimum absolute atomic E-state index is 0.257. The Labute approximate surface area is 111 Å². The summed E-state index contributed by atoms with van der Waals surface area (Å²) >= 11 is 0. The molecule has 0 amide bonds. The van der Waals surface area contributed by atoms with E-state index < -0.39 is 17.5 Å². The van der Waals surface area contributed by atoms with Crippen molar-refractivity contribution in [3.05, 3.63) is 35.1 Å². The Morgan fingerprint density at radius 3 is 2.47 bits per heavy atom. The highest BCUT2D eigenvalue weighted by atomic mass is 19.2. The Hall–Kier alpha value is -1.07. The summed E-state index contributed by atoms with van der Waals surface area (Å²) in [4.78, 5) is 2.13. The number of hydrogen-bond acceptors (Lipinski definition) is 2. The monoisotopic (exact) mass is 272 g/mol. The van der Waals surface area contributed by atoms with Crippen molar-refractivity contribution < 1.29 is 13.2 Å². The Balaban J connectivity index is 2.26. The molecule has 2 N–H and O–H groups in total. The maximum atomic E-state index is 13.3. The standard InChI is InChI=1S/C14H19F3N2/c1-9-3-2-4-19(8-9)13(7-18)10-5-11(15)14(17)12(16)6-10/h5-6,9,13H,2-4,7-8,18H2,1H3. The van der Waals surface area contributed by atoms with Crippen molar-refractivity contribution in [2.24, 2.45) is 11.7 Å². The normalized spacial score (nSPS) is 22.5. The van der Waals surface area contributed by atoms with Gasteiger partial charge < -0.3 is 5.73 Å². The van der Waals surface area contributed by atoms with Gasteiger partial charge in [0, 0.05) is 19.1 Å². The van der Waals surface area contributed by atoms with E-state index in [1.165, 1.54) is 0 Å². The fourth-order valence-corrected chi connectivity index (χ4v) is 2.77. The Bertz CT molecular complexity index is 427. The highest BCUT2D eigenvalue weighted by Gasteiger charge is 2.25. The van der Waals surface area contributed by atoms with Crippen molar-refractivity contribution in [3.8, 4) is 0 Å². The Kier molecular flexibility index (Phi) is 4.47. The van der Waals surface area contributed by atoms with E-state index in [0.29, 0.717) is 11.5 Å². The van der Waals surface area contributed by atoms with Crippen LogP contribution < -0.4 is 5.73 Å². The van der Waals surface area contributed by atoms with Gasteiger partial charge in [0.15, 0.2) is 17.5 Å². The zero-order valence-corrected chi connectivity index (χ0v) is 11.0. The molecular weight excluding hydrogens is 253 g/mol. The summed E-state index contributed by atoms with van der Waals surface area (Å²) in [5.74, 6) is -3.19. The zero-order valence-electron chi connectivity index (χ0n) is 11.0. The largest absolute Gasteiger partial charge is 0.329 e. The molecule has 1 fully saturated rings. The van der Waals surface area contributed by atoms with Crippen LogP contribution in [0.1, 0.15) is 31.4 Å². The molecule has 0 spiro atoms. The minimum atomic E-state index is -1.42. The number of rotatable bonds is 3. The van der Waals surface area contributed by atoms with Crippen LogP contribution >= 0.6 is 0 Å². The van der Waals surface area contributed by atoms with Gasteiger partial charge in [0.2, 0.25) is 0 Å². The SMILES string of the molecule is CC1CCCN(C(CN)c2cc(F)c(F)c(F)c2)C1. The molecular formula is C14H19F3N2. The van der Waals surface area contributed by atoms with Crippen LogP contribution in [-0.4, -0.2) is 24.5 Å². The first kappa shape index (κ1) is 14.3. The lowest BCUT2D eigenvalue weighted by atomic mass is 9.96. The van der Waals surface area contributed by atoms with E-state index in [1.54, 1.807) is 0 Å². The first-order valence-corrected chi connectivity index (χ1v) is 6.61. The Morgan fingerprint density at radius 1 is 1.32 bits per heavy atom. The number of nitrogens with zero attached hydrogens (tertiary/aromatic N) is 1. The summed E-state index contributed by atoms with van der Waals surface area (Å²) in [6.45, 7) is 4.11. The minimum Gasteiger partial charge on any atom is -0.329 e. The fraction of sp³-hybridized carbons (Fsp3) is 0.571. The summed E-state index contributed by atoms with van der Waals surface area (Å²) in [6, 6.07) is 1.84. The van der Waals surface area contributed by atoms with Crippen molar-refractivity contribution in [3.63, 3.8) is 0 Å². The van der Waals surface area contributed by atoms with E-state index in [4.69, 9.17) is 5.73 Å². The number of benzene rings is 1. The van der Waals surface area contributed by atoms with Crippen LogP contribution in [0.15, 0.2) is 12.1 Å². The van der Waals surface area contributed by atoms with Crippen molar-refractivity contribution in [2.45, 2.75) is 25.8 Å². The van der Waals surface area contributed by atoms with E-state index >= 15 is 0 Å². The molecule has 1 heterocycles. The fourth-order valence-electron chi connectivity index (χ4n) is 2.77. The number of hydrogen-bond donors (Lipinski definition) is 1. The molecule has 1 aliphatic heterocycles. The van der Waals surface area contributed by atoms with E-state index in [2.05, 4.69) is 11.8 Å². The third-order valence-corrected chi connectivity index (χ3v) is 3.74. The first-order chi connectivity index (χ1) is 9.02. The summed E-state index contributed by atoms with van der Waals surface area (Å²) in [5, 5.41) is 0. The topological polar surface area (TPSA) is 29.3 Å². The van der Waals surface area contributed by atoms with Gasteiger partial charge in [-0.25, -0.2) is 13.2 Å². The molecule has 1 aliphatic rings. The lowest BCUT2D eigenvalue weighted by molar-refractivity contribution is 0.132. The molecule has 1 aromatic carbocycles. The number of halogens is 3. The molecule has 0 aromatic heterocycles. The lowest BCUT2D eigenvalue weighted by Crippen LogP contribution is -2.40. The molecule has 1 aromatic rings. The molecule has 2 unspecified atom stereocenters. The van der Waals surface area contributed by atoms with Crippen LogP contribution in [0.5, 0.6) is 0 Å². The zero-order chi connectivity index (χ0) is 14.0. The molecule has 5 heteroatoms. The number of likely N-dealkylation sites (tertiary alicyclic amines) is 1. The van der Waals surface area contributed by atoms with Gasteiger partial charge in [-0.3, -0.25) is 4.90 Å². The summed E-state index contributed by atoms with van der Waals surface area (Å²) < 4.78 is 39.6. The van der Waals surface area contributed by atoms with Crippen molar-refractivity contribution >= 4 is 0 Å². The predicted octanol–water partition coefficient (Wildman–Crippen LogP) is 2.84. The van der Waals surface area contributed by atoms with E-state index in [1.807, 2.05) is 0 Å². The van der Waals surface area contributed by atoms with Crippen LogP contribution in [0.25, 0.3) is 0 Å². The third-order valence-electron chi connectivity index (χ3n) is 3.74. The van der Waals surface area contributed by atoms with Gasteiger partial charge in [-0.1, -0.05) is 6.92 Å². The second-order valence-electron chi connectivity index (χ2n) is 5.29. The third kappa shape index (κ3) is 3.09. The van der Waals surface area contributed by atoms with Crippen LogP contribution in [0.4, 0.5) is 13.2 Å². The maximum Gasteiger partial charge on any atom is 0.194 e. The van der Waals surface area contributed by atoms with Gasteiger partial charge in [-0.05, 0) is 43.0 Å². The second kappa shape index (κ2) is 5.92. The van der Waals surface area contributed by atoms with Gasteiger partial charge >= 0.3 is 0 Å². The van der Waals surface area contributed by atoms with Crippen molar-refractivity contribution in [2.75, 3.05) is 19.6 Å². The maximum absolute atomic E-state index is 13.3. The van der Waals surface area contributed by atoms with Crippen molar-refractivity contribution in [1.29, 1.82) is 0 Å². The van der Waals surface area contributed by atoms with Crippen LogP contribution in [-0.2, 0) is 0 Å². The Morgan fingerprint density at radius 2 is 1.95 bits per heavy atom. The van der Waals surface area contributed by atoms with E-state index in [-0.39, 0.29) is 12.6 Å². The van der Waals surface area contributed by atoms with E-state index in [0.717, 1.165) is 38.1 Å².